The number of carboxylic acid groups (broad SMARTS) is 1. The Balaban J connectivity index is 2.20. The van der Waals surface area contributed by atoms with Crippen LogP contribution in [0.25, 0.3) is 5.69 Å². The van der Waals surface area contributed by atoms with E-state index < -0.39 is 6.09 Å². The molecule has 2 N–H and O–H groups in total. The summed E-state index contributed by atoms with van der Waals surface area (Å²) in [7, 11) is 1.89. The van der Waals surface area contributed by atoms with Gasteiger partial charge >= 0.3 is 12.0 Å². The Hall–Kier alpha value is -2.71. The molecule has 0 saturated heterocycles. The number of amides is 2. The van der Waals surface area contributed by atoms with Crippen molar-refractivity contribution < 1.29 is 19.8 Å². The molecule has 2 heterocycles. The number of benzene rings is 1. The first-order chi connectivity index (χ1) is 13.2. The molecule has 0 spiro atoms. The fraction of sp³-hybridized carbons (Fsp3) is 0.450. The van der Waals surface area contributed by atoms with Crippen LogP contribution < -0.4 is 4.48 Å². The summed E-state index contributed by atoms with van der Waals surface area (Å²) in [5.41, 5.74) is 3.01. The summed E-state index contributed by atoms with van der Waals surface area (Å²) in [6.45, 7) is 5.59. The zero-order valence-corrected chi connectivity index (χ0v) is 16.7. The highest BCUT2D eigenvalue weighted by molar-refractivity contribution is 5.88. The number of imidazole rings is 1. The topological polar surface area (TPSA) is 95.7 Å². The summed E-state index contributed by atoms with van der Waals surface area (Å²) in [4.78, 5) is 30.0. The number of hydrogen-bond acceptors (Lipinski definition) is 4. The number of carbonyl (C=O) groups is 2. The first-order valence-corrected chi connectivity index (χ1v) is 9.39. The van der Waals surface area contributed by atoms with Gasteiger partial charge in [0.05, 0.1) is 44.7 Å². The van der Waals surface area contributed by atoms with Crippen LogP contribution in [0.4, 0.5) is 10.5 Å². The largest absolute Gasteiger partial charge is 0.465 e. The summed E-state index contributed by atoms with van der Waals surface area (Å²) < 4.78 is 1.92. The maximum absolute atomic E-state index is 12.6. The van der Waals surface area contributed by atoms with Crippen molar-refractivity contribution in [3.05, 3.63) is 42.0 Å². The summed E-state index contributed by atoms with van der Waals surface area (Å²) in [5, 5.41) is 19.0. The molecule has 1 unspecified atom stereocenters. The Labute approximate surface area is 164 Å². The highest BCUT2D eigenvalue weighted by Crippen LogP contribution is 2.44. The van der Waals surface area contributed by atoms with Crippen molar-refractivity contribution in [1.29, 1.82) is 0 Å². The van der Waals surface area contributed by atoms with Crippen LogP contribution in [0.2, 0.25) is 0 Å². The van der Waals surface area contributed by atoms with Gasteiger partial charge in [-0.3, -0.25) is 0 Å². The molecule has 3 atom stereocenters. The predicted octanol–water partition coefficient (Wildman–Crippen LogP) is 2.68. The molecule has 1 aromatic carbocycles. The van der Waals surface area contributed by atoms with Crippen molar-refractivity contribution in [1.82, 2.24) is 18.9 Å². The molecule has 0 saturated carbocycles. The van der Waals surface area contributed by atoms with Gasteiger partial charge in [-0.2, -0.15) is 0 Å². The molecule has 8 heteroatoms. The van der Waals surface area contributed by atoms with Crippen LogP contribution in [0.1, 0.15) is 44.5 Å². The molecule has 3 rings (SSSR count). The SMILES string of the molecule is CCN(C(=O)O)C1C[C@H](C)[N@+](C)(C(C)=O)c2ccc(-n3cnc(CO)c3)cc21. The second kappa shape index (κ2) is 7.37. The third kappa shape index (κ3) is 3.08. The number of carbonyl (C=O) groups excluding carboxylic acids is 1. The maximum Gasteiger partial charge on any atom is 0.407 e. The van der Waals surface area contributed by atoms with Crippen LogP contribution in [-0.4, -0.2) is 56.3 Å². The summed E-state index contributed by atoms with van der Waals surface area (Å²) in [6.07, 6.45) is 2.93. The minimum absolute atomic E-state index is 0.0171. The fourth-order valence-electron chi connectivity index (χ4n) is 4.14. The van der Waals surface area contributed by atoms with Gasteiger partial charge in [0.15, 0.2) is 0 Å². The quantitative estimate of drug-likeness (QED) is 0.787. The van der Waals surface area contributed by atoms with E-state index in [1.54, 1.807) is 24.0 Å². The number of aliphatic hydroxyl groups excluding tert-OH is 1. The van der Waals surface area contributed by atoms with Crippen molar-refractivity contribution in [2.75, 3.05) is 13.6 Å². The molecule has 150 valence electrons. The maximum atomic E-state index is 12.6. The van der Waals surface area contributed by atoms with Crippen LogP contribution in [0.3, 0.4) is 0 Å². The van der Waals surface area contributed by atoms with E-state index in [2.05, 4.69) is 4.98 Å². The van der Waals surface area contributed by atoms with E-state index in [1.807, 2.05) is 39.1 Å². The molecule has 0 radical (unpaired) electrons. The monoisotopic (exact) mass is 387 g/mol. The third-order valence-corrected chi connectivity index (χ3v) is 6.03. The second-order valence-electron chi connectivity index (χ2n) is 7.44. The molecule has 2 aromatic rings. The van der Waals surface area contributed by atoms with Crippen molar-refractivity contribution in [2.24, 2.45) is 0 Å². The average Bonchev–Trinajstić information content (AvgIpc) is 3.14. The molecule has 1 aromatic heterocycles. The fourth-order valence-corrected chi connectivity index (χ4v) is 4.14. The zero-order chi connectivity index (χ0) is 20.6. The minimum Gasteiger partial charge on any atom is -0.465 e. The lowest BCUT2D eigenvalue weighted by Gasteiger charge is -2.45. The van der Waals surface area contributed by atoms with E-state index in [9.17, 15) is 19.8 Å². The first-order valence-electron chi connectivity index (χ1n) is 9.39. The number of aliphatic hydroxyl groups is 1. The highest BCUT2D eigenvalue weighted by atomic mass is 16.4. The summed E-state index contributed by atoms with van der Waals surface area (Å²) in [6, 6.07) is 5.35. The van der Waals surface area contributed by atoms with E-state index in [4.69, 9.17) is 0 Å². The molecular formula is C20H27N4O4+. The minimum atomic E-state index is -0.972. The Morgan fingerprint density at radius 2 is 2.11 bits per heavy atom. The zero-order valence-electron chi connectivity index (χ0n) is 16.7. The Morgan fingerprint density at radius 1 is 1.39 bits per heavy atom. The lowest BCUT2D eigenvalue weighted by molar-refractivity contribution is -0.129. The highest BCUT2D eigenvalue weighted by Gasteiger charge is 2.47. The molecular weight excluding hydrogens is 360 g/mol. The number of fused-ring (bicyclic) bond motifs is 1. The van der Waals surface area contributed by atoms with Crippen LogP contribution in [0.5, 0.6) is 0 Å². The standard InChI is InChI=1S/C20H26N4O4/c1-5-23(20(27)28)18-8-13(2)24(4,14(3)26)19-7-6-16(9-17(18)19)22-10-15(11-25)21-12-22/h6-7,9-10,12-13,18,25H,5,8,11H2,1-4H3/p+1/t13-,18?,24+/m0/s1. The molecule has 2 amide bonds. The molecule has 0 bridgehead atoms. The number of aromatic nitrogens is 2. The smallest absolute Gasteiger partial charge is 0.407 e. The van der Waals surface area contributed by atoms with Crippen molar-refractivity contribution in [2.45, 2.75) is 45.9 Å². The molecule has 0 fully saturated rings. The van der Waals surface area contributed by atoms with Crippen LogP contribution >= 0.6 is 0 Å². The normalized spacial score (nSPS) is 23.9. The summed E-state index contributed by atoms with van der Waals surface area (Å²) in [5.74, 6) is 0.0171. The predicted molar refractivity (Wildman–Crippen MR) is 105 cm³/mol. The van der Waals surface area contributed by atoms with E-state index in [-0.39, 0.29) is 29.1 Å². The number of rotatable bonds is 4. The van der Waals surface area contributed by atoms with Gasteiger partial charge in [-0.15, -0.1) is 0 Å². The Morgan fingerprint density at radius 3 is 2.64 bits per heavy atom. The van der Waals surface area contributed by atoms with Crippen molar-refractivity contribution >= 4 is 17.7 Å². The van der Waals surface area contributed by atoms with Gasteiger partial charge in [-0.25, -0.2) is 19.1 Å². The van der Waals surface area contributed by atoms with E-state index >= 15 is 0 Å². The average molecular weight is 387 g/mol. The third-order valence-electron chi connectivity index (χ3n) is 6.03. The van der Waals surface area contributed by atoms with Gasteiger partial charge in [-0.1, -0.05) is 0 Å². The van der Waals surface area contributed by atoms with Gasteiger partial charge in [0.1, 0.15) is 5.69 Å². The number of hydrogen-bond donors (Lipinski definition) is 2. The lowest BCUT2D eigenvalue weighted by atomic mass is 9.88. The Kier molecular flexibility index (Phi) is 5.27. The van der Waals surface area contributed by atoms with E-state index in [1.165, 1.54) is 4.90 Å². The first kappa shape index (κ1) is 20.0. The van der Waals surface area contributed by atoms with Crippen LogP contribution in [-0.2, 0) is 11.4 Å². The summed E-state index contributed by atoms with van der Waals surface area (Å²) >= 11 is 0. The van der Waals surface area contributed by atoms with Crippen LogP contribution in [0, 0.1) is 0 Å². The van der Waals surface area contributed by atoms with Crippen molar-refractivity contribution in [3.8, 4) is 5.69 Å². The molecule has 1 aliphatic heterocycles. The van der Waals surface area contributed by atoms with E-state index in [0.717, 1.165) is 16.9 Å². The number of quaternary nitrogens is 1. The number of nitrogens with zero attached hydrogens (tertiary/aromatic N) is 4. The van der Waals surface area contributed by atoms with Gasteiger partial charge in [0.25, 0.3) is 0 Å². The Bertz CT molecular complexity index is 909. The molecule has 0 aliphatic carbocycles. The van der Waals surface area contributed by atoms with Gasteiger partial charge < -0.3 is 19.7 Å². The lowest BCUT2D eigenvalue weighted by Crippen LogP contribution is -2.60. The second-order valence-corrected chi connectivity index (χ2v) is 7.44. The van der Waals surface area contributed by atoms with Crippen LogP contribution in [0.15, 0.2) is 30.7 Å². The van der Waals surface area contributed by atoms with Gasteiger partial charge in [0.2, 0.25) is 0 Å². The van der Waals surface area contributed by atoms with Gasteiger partial charge in [-0.05, 0) is 26.0 Å². The van der Waals surface area contributed by atoms with E-state index in [0.29, 0.717) is 18.7 Å². The van der Waals surface area contributed by atoms with Crippen molar-refractivity contribution in [3.63, 3.8) is 0 Å². The molecule has 8 nitrogen and oxygen atoms in total. The van der Waals surface area contributed by atoms with Gasteiger partial charge in [0, 0.05) is 36.5 Å². The molecule has 28 heavy (non-hydrogen) atoms. The molecule has 1 aliphatic rings.